The Labute approximate surface area is 178 Å². The summed E-state index contributed by atoms with van der Waals surface area (Å²) in [5.41, 5.74) is 0.684. The second kappa shape index (κ2) is 9.43. The predicted octanol–water partition coefficient (Wildman–Crippen LogP) is 4.10. The maximum atomic E-state index is 12.9. The van der Waals surface area contributed by atoms with Crippen molar-refractivity contribution in [2.45, 2.75) is 43.0 Å². The van der Waals surface area contributed by atoms with E-state index in [0.717, 1.165) is 29.9 Å². The number of fused-ring (bicyclic) bond motifs is 1. The van der Waals surface area contributed by atoms with Gasteiger partial charge in [0.25, 0.3) is 5.56 Å². The van der Waals surface area contributed by atoms with Gasteiger partial charge in [0.1, 0.15) is 11.6 Å². The molecule has 5 nitrogen and oxygen atoms in total. The third-order valence-corrected chi connectivity index (χ3v) is 6.19. The molecule has 0 unspecified atom stereocenters. The van der Waals surface area contributed by atoms with E-state index in [-0.39, 0.29) is 23.3 Å². The molecular formula is C23H24FN3O2S. The normalized spacial score (nSPS) is 13.5. The first-order valence-electron chi connectivity index (χ1n) is 10.3. The molecule has 1 fully saturated rings. The van der Waals surface area contributed by atoms with Crippen molar-refractivity contribution in [2.24, 2.45) is 0 Å². The fraction of sp³-hybridized carbons (Fsp3) is 0.348. The molecule has 30 heavy (non-hydrogen) atoms. The van der Waals surface area contributed by atoms with Crippen LogP contribution in [0.5, 0.6) is 0 Å². The van der Waals surface area contributed by atoms with E-state index in [2.05, 4.69) is 10.3 Å². The lowest BCUT2D eigenvalue weighted by Crippen LogP contribution is -2.28. The number of hydrogen-bond donors (Lipinski definition) is 1. The van der Waals surface area contributed by atoms with Crippen molar-refractivity contribution >= 4 is 28.6 Å². The topological polar surface area (TPSA) is 64.0 Å². The van der Waals surface area contributed by atoms with Gasteiger partial charge in [0, 0.05) is 30.3 Å². The summed E-state index contributed by atoms with van der Waals surface area (Å²) < 4.78 is 14.7. The number of amides is 1. The minimum absolute atomic E-state index is 0.00340. The van der Waals surface area contributed by atoms with Crippen LogP contribution in [-0.2, 0) is 11.2 Å². The lowest BCUT2D eigenvalue weighted by molar-refractivity contribution is -0.121. The highest BCUT2D eigenvalue weighted by molar-refractivity contribution is 7.99. The molecule has 1 aliphatic rings. The summed E-state index contributed by atoms with van der Waals surface area (Å²) in [7, 11) is 0. The smallest absolute Gasteiger partial charge is 0.261 e. The minimum atomic E-state index is -0.236. The average Bonchev–Trinajstić information content (AvgIpc) is 3.58. The Balaban J connectivity index is 1.27. The molecule has 0 bridgehead atoms. The monoisotopic (exact) mass is 425 g/mol. The van der Waals surface area contributed by atoms with Crippen molar-refractivity contribution < 1.29 is 9.18 Å². The van der Waals surface area contributed by atoms with Gasteiger partial charge < -0.3 is 5.32 Å². The number of aryl methyl sites for hydroxylation is 1. The van der Waals surface area contributed by atoms with E-state index in [4.69, 9.17) is 0 Å². The first-order chi connectivity index (χ1) is 14.6. The molecule has 156 valence electrons. The highest BCUT2D eigenvalue weighted by Crippen LogP contribution is 2.34. The largest absolute Gasteiger partial charge is 0.356 e. The van der Waals surface area contributed by atoms with Crippen LogP contribution in [0.4, 0.5) is 4.39 Å². The summed E-state index contributed by atoms with van der Waals surface area (Å²) in [4.78, 5) is 30.8. The Morgan fingerprint density at radius 2 is 1.93 bits per heavy atom. The molecule has 1 N–H and O–H groups in total. The number of nitrogens with zero attached hydrogens (tertiary/aromatic N) is 2. The van der Waals surface area contributed by atoms with E-state index in [9.17, 15) is 14.0 Å². The number of hydrogen-bond acceptors (Lipinski definition) is 4. The van der Waals surface area contributed by atoms with Crippen LogP contribution in [0.2, 0.25) is 0 Å². The number of aromatic nitrogens is 2. The second-order valence-electron chi connectivity index (χ2n) is 7.46. The van der Waals surface area contributed by atoms with Gasteiger partial charge in [-0.05, 0) is 61.4 Å². The molecule has 7 heteroatoms. The number of halogens is 1. The van der Waals surface area contributed by atoms with Crippen molar-refractivity contribution in [3.8, 4) is 0 Å². The molecule has 3 aromatic rings. The third-order valence-electron chi connectivity index (χ3n) is 5.09. The van der Waals surface area contributed by atoms with Crippen LogP contribution < -0.4 is 10.9 Å². The van der Waals surface area contributed by atoms with E-state index in [1.54, 1.807) is 28.5 Å². The molecule has 1 saturated carbocycles. The zero-order valence-corrected chi connectivity index (χ0v) is 17.5. The first kappa shape index (κ1) is 20.6. The van der Waals surface area contributed by atoms with Gasteiger partial charge >= 0.3 is 0 Å². The van der Waals surface area contributed by atoms with Crippen LogP contribution in [0.1, 0.15) is 37.5 Å². The Hall–Kier alpha value is -2.67. The van der Waals surface area contributed by atoms with Gasteiger partial charge in [0.05, 0.1) is 10.9 Å². The van der Waals surface area contributed by atoms with Crippen LogP contribution in [0.25, 0.3) is 10.9 Å². The molecule has 0 spiro atoms. The maximum Gasteiger partial charge on any atom is 0.261 e. The van der Waals surface area contributed by atoms with Crippen LogP contribution in [0.15, 0.2) is 58.2 Å². The second-order valence-corrected chi connectivity index (χ2v) is 8.63. The molecule has 0 radical (unpaired) electrons. The number of nitrogens with one attached hydrogen (secondary N) is 1. The number of para-hydroxylation sites is 1. The van der Waals surface area contributed by atoms with E-state index < -0.39 is 0 Å². The van der Waals surface area contributed by atoms with Gasteiger partial charge in [-0.15, -0.1) is 11.8 Å². The van der Waals surface area contributed by atoms with Crippen LogP contribution in [-0.4, -0.2) is 27.8 Å². The van der Waals surface area contributed by atoms with Crippen molar-refractivity contribution in [1.29, 1.82) is 0 Å². The molecule has 0 saturated heterocycles. The van der Waals surface area contributed by atoms with Crippen molar-refractivity contribution in [1.82, 2.24) is 14.9 Å². The summed E-state index contributed by atoms with van der Waals surface area (Å²) in [5, 5.41) is 3.57. The van der Waals surface area contributed by atoms with E-state index in [1.807, 2.05) is 24.3 Å². The minimum Gasteiger partial charge on any atom is -0.356 e. The van der Waals surface area contributed by atoms with Gasteiger partial charge in [-0.25, -0.2) is 9.37 Å². The molecule has 4 rings (SSSR count). The summed E-state index contributed by atoms with van der Waals surface area (Å²) in [6.07, 6.45) is 3.57. The summed E-state index contributed by atoms with van der Waals surface area (Å²) in [6.45, 7) is 0.591. The Bertz CT molecular complexity index is 1090. The van der Waals surface area contributed by atoms with Gasteiger partial charge in [-0.1, -0.05) is 12.1 Å². The third kappa shape index (κ3) is 5.08. The fourth-order valence-electron chi connectivity index (χ4n) is 3.41. The molecular weight excluding hydrogens is 401 g/mol. The van der Waals surface area contributed by atoms with Crippen molar-refractivity contribution in [2.75, 3.05) is 12.3 Å². The van der Waals surface area contributed by atoms with Crippen LogP contribution >= 0.6 is 11.8 Å². The van der Waals surface area contributed by atoms with Crippen molar-refractivity contribution in [3.63, 3.8) is 0 Å². The SMILES string of the molecule is O=C(CCc1nc2ccccc2c(=O)n1C1CC1)NCCCSc1ccc(F)cc1. The number of carbonyl (C=O) groups excluding carboxylic acids is 1. The molecule has 0 aliphatic heterocycles. The molecule has 1 aromatic heterocycles. The van der Waals surface area contributed by atoms with Gasteiger partial charge in [-0.2, -0.15) is 0 Å². The van der Waals surface area contributed by atoms with Crippen LogP contribution in [0, 0.1) is 5.82 Å². The summed E-state index contributed by atoms with van der Waals surface area (Å²) >= 11 is 1.64. The van der Waals surface area contributed by atoms with Gasteiger partial charge in [0.15, 0.2) is 0 Å². The zero-order chi connectivity index (χ0) is 20.9. The lowest BCUT2D eigenvalue weighted by atomic mass is 10.2. The maximum absolute atomic E-state index is 12.9. The van der Waals surface area contributed by atoms with Gasteiger partial charge in [0.2, 0.25) is 5.91 Å². The van der Waals surface area contributed by atoms with Crippen LogP contribution in [0.3, 0.4) is 0 Å². The number of carbonyl (C=O) groups is 1. The van der Waals surface area contributed by atoms with E-state index in [1.165, 1.54) is 12.1 Å². The standard InChI is InChI=1S/C23H24FN3O2S/c24-16-6-10-18(11-7-16)30-15-3-14-25-22(28)13-12-21-26-20-5-2-1-4-19(20)23(29)27(21)17-8-9-17/h1-2,4-7,10-11,17H,3,8-9,12-15H2,(H,25,28). The highest BCUT2D eigenvalue weighted by Gasteiger charge is 2.28. The highest BCUT2D eigenvalue weighted by atomic mass is 32.2. The number of benzene rings is 2. The molecule has 1 amide bonds. The van der Waals surface area contributed by atoms with E-state index in [0.29, 0.717) is 36.1 Å². The molecule has 1 heterocycles. The quantitative estimate of drug-likeness (QED) is 0.414. The number of rotatable bonds is 9. The lowest BCUT2D eigenvalue weighted by Gasteiger charge is -2.13. The average molecular weight is 426 g/mol. The molecule has 0 atom stereocenters. The summed E-state index contributed by atoms with van der Waals surface area (Å²) in [5.74, 6) is 1.27. The Kier molecular flexibility index (Phi) is 6.47. The van der Waals surface area contributed by atoms with Crippen molar-refractivity contribution in [3.05, 3.63) is 70.5 Å². The summed E-state index contributed by atoms with van der Waals surface area (Å²) in [6, 6.07) is 14.0. The first-order valence-corrected chi connectivity index (χ1v) is 11.3. The Morgan fingerprint density at radius 3 is 2.70 bits per heavy atom. The van der Waals surface area contributed by atoms with E-state index >= 15 is 0 Å². The number of thioether (sulfide) groups is 1. The fourth-order valence-corrected chi connectivity index (χ4v) is 4.26. The molecule has 1 aliphatic carbocycles. The zero-order valence-electron chi connectivity index (χ0n) is 16.6. The predicted molar refractivity (Wildman–Crippen MR) is 117 cm³/mol. The van der Waals surface area contributed by atoms with Gasteiger partial charge in [-0.3, -0.25) is 14.2 Å². The Morgan fingerprint density at radius 1 is 1.17 bits per heavy atom. The molecule has 2 aromatic carbocycles.